The highest BCUT2D eigenvalue weighted by Gasteiger charge is 2.38. The van der Waals surface area contributed by atoms with Crippen molar-refractivity contribution in [2.24, 2.45) is 0 Å². The maximum atomic E-state index is 12.9. The Labute approximate surface area is 150 Å². The van der Waals surface area contributed by atoms with Gasteiger partial charge in [-0.15, -0.1) is 0 Å². The van der Waals surface area contributed by atoms with Gasteiger partial charge >= 0.3 is 0 Å². The van der Waals surface area contributed by atoms with Gasteiger partial charge < -0.3 is 14.6 Å². The number of aryl methyl sites for hydroxylation is 1. The van der Waals surface area contributed by atoms with Crippen molar-refractivity contribution >= 4 is 23.2 Å². The molecule has 0 saturated carbocycles. The van der Waals surface area contributed by atoms with Gasteiger partial charge in [0.2, 0.25) is 0 Å². The van der Waals surface area contributed by atoms with E-state index in [1.54, 1.807) is 29.5 Å². The standard InChI is InChI=1S/C19H16ClN3O2/c1-12-6-7-13(20)10-16(12)22-18-17-15(5-2-8-21-17)19(24)23(18)11-14-4-3-9-25-14/h2-10,18,22H,11H2,1H3/t18-/m0/s1. The zero-order valence-corrected chi connectivity index (χ0v) is 14.3. The first-order valence-electron chi connectivity index (χ1n) is 7.94. The zero-order valence-electron chi connectivity index (χ0n) is 13.6. The Morgan fingerprint density at radius 1 is 1.28 bits per heavy atom. The molecule has 3 heterocycles. The van der Waals surface area contributed by atoms with Crippen molar-refractivity contribution in [1.82, 2.24) is 9.88 Å². The van der Waals surface area contributed by atoms with E-state index in [4.69, 9.17) is 16.0 Å². The molecular weight excluding hydrogens is 338 g/mol. The highest BCUT2D eigenvalue weighted by molar-refractivity contribution is 6.30. The topological polar surface area (TPSA) is 58.4 Å². The van der Waals surface area contributed by atoms with E-state index in [1.165, 1.54) is 0 Å². The lowest BCUT2D eigenvalue weighted by Crippen LogP contribution is -2.32. The SMILES string of the molecule is Cc1ccc(Cl)cc1N[C@@H]1c2ncccc2C(=O)N1Cc1ccco1. The first kappa shape index (κ1) is 15.7. The second kappa shape index (κ2) is 6.26. The quantitative estimate of drug-likeness (QED) is 0.755. The number of pyridine rings is 1. The molecule has 0 aliphatic carbocycles. The van der Waals surface area contributed by atoms with Crippen molar-refractivity contribution in [2.75, 3.05) is 5.32 Å². The number of benzene rings is 1. The van der Waals surface area contributed by atoms with E-state index in [-0.39, 0.29) is 12.1 Å². The fraction of sp³-hybridized carbons (Fsp3) is 0.158. The molecule has 0 fully saturated rings. The number of hydrogen-bond donors (Lipinski definition) is 1. The molecule has 0 unspecified atom stereocenters. The van der Waals surface area contributed by atoms with Gasteiger partial charge in [-0.05, 0) is 48.9 Å². The summed E-state index contributed by atoms with van der Waals surface area (Å²) in [5.41, 5.74) is 3.22. The van der Waals surface area contributed by atoms with Gasteiger partial charge in [-0.25, -0.2) is 0 Å². The monoisotopic (exact) mass is 353 g/mol. The molecule has 1 N–H and O–H groups in total. The first-order valence-corrected chi connectivity index (χ1v) is 8.32. The molecule has 1 atom stereocenters. The van der Waals surface area contributed by atoms with Crippen molar-refractivity contribution in [3.05, 3.63) is 82.5 Å². The van der Waals surface area contributed by atoms with Gasteiger partial charge in [-0.1, -0.05) is 17.7 Å². The third kappa shape index (κ3) is 2.87. The summed E-state index contributed by atoms with van der Waals surface area (Å²) in [6.45, 7) is 2.35. The summed E-state index contributed by atoms with van der Waals surface area (Å²) < 4.78 is 5.42. The molecule has 6 heteroatoms. The first-order chi connectivity index (χ1) is 12.1. The Balaban J connectivity index is 1.72. The number of carbonyl (C=O) groups is 1. The Kier molecular flexibility index (Phi) is 3.93. The van der Waals surface area contributed by atoms with Crippen LogP contribution >= 0.6 is 11.6 Å². The van der Waals surface area contributed by atoms with Crippen LogP contribution in [-0.2, 0) is 6.54 Å². The molecular formula is C19H16ClN3O2. The molecule has 1 aliphatic heterocycles. The Hall–Kier alpha value is -2.79. The van der Waals surface area contributed by atoms with Crippen LogP contribution in [0, 0.1) is 6.92 Å². The van der Waals surface area contributed by atoms with Crippen LogP contribution in [-0.4, -0.2) is 15.8 Å². The van der Waals surface area contributed by atoms with Crippen molar-refractivity contribution < 1.29 is 9.21 Å². The number of rotatable bonds is 4. The van der Waals surface area contributed by atoms with Gasteiger partial charge in [0, 0.05) is 16.9 Å². The van der Waals surface area contributed by atoms with Crippen LogP contribution in [0.5, 0.6) is 0 Å². The van der Waals surface area contributed by atoms with Crippen LogP contribution in [0.2, 0.25) is 5.02 Å². The number of amides is 1. The second-order valence-corrected chi connectivity index (χ2v) is 6.39. The van der Waals surface area contributed by atoms with Crippen LogP contribution < -0.4 is 5.32 Å². The van der Waals surface area contributed by atoms with E-state index in [2.05, 4.69) is 10.3 Å². The minimum Gasteiger partial charge on any atom is -0.467 e. The van der Waals surface area contributed by atoms with Gasteiger partial charge in [0.05, 0.1) is 24.1 Å². The van der Waals surface area contributed by atoms with Crippen LogP contribution in [0.3, 0.4) is 0 Å². The summed E-state index contributed by atoms with van der Waals surface area (Å²) in [5, 5.41) is 4.05. The van der Waals surface area contributed by atoms with Crippen LogP contribution in [0.4, 0.5) is 5.69 Å². The average molecular weight is 354 g/mol. The smallest absolute Gasteiger partial charge is 0.258 e. The summed E-state index contributed by atoms with van der Waals surface area (Å²) in [4.78, 5) is 19.0. The van der Waals surface area contributed by atoms with Crippen LogP contribution in [0.25, 0.3) is 0 Å². The van der Waals surface area contributed by atoms with Crippen molar-refractivity contribution in [3.8, 4) is 0 Å². The molecule has 1 aromatic carbocycles. The third-order valence-electron chi connectivity index (χ3n) is 4.30. The molecule has 0 radical (unpaired) electrons. The molecule has 3 aromatic rings. The molecule has 1 aliphatic rings. The summed E-state index contributed by atoms with van der Waals surface area (Å²) in [6.07, 6.45) is 2.92. The lowest BCUT2D eigenvalue weighted by molar-refractivity contribution is 0.0714. The van der Waals surface area contributed by atoms with E-state index in [0.29, 0.717) is 22.8 Å². The van der Waals surface area contributed by atoms with Crippen LogP contribution in [0.1, 0.15) is 33.5 Å². The fourth-order valence-electron chi connectivity index (χ4n) is 3.01. The molecule has 25 heavy (non-hydrogen) atoms. The highest BCUT2D eigenvalue weighted by Crippen LogP contribution is 2.35. The Bertz CT molecular complexity index is 924. The normalized spacial score (nSPS) is 16.2. The summed E-state index contributed by atoms with van der Waals surface area (Å²) in [7, 11) is 0. The average Bonchev–Trinajstić information content (AvgIpc) is 3.21. The van der Waals surface area contributed by atoms with Gasteiger partial charge in [0.25, 0.3) is 5.91 Å². The molecule has 0 bridgehead atoms. The molecule has 4 rings (SSSR count). The lowest BCUT2D eigenvalue weighted by Gasteiger charge is -2.26. The summed E-state index contributed by atoms with van der Waals surface area (Å²) in [6, 6.07) is 12.9. The minimum atomic E-state index is -0.383. The van der Waals surface area contributed by atoms with E-state index in [0.717, 1.165) is 17.0 Å². The largest absolute Gasteiger partial charge is 0.467 e. The molecule has 0 saturated heterocycles. The minimum absolute atomic E-state index is 0.0725. The second-order valence-electron chi connectivity index (χ2n) is 5.95. The van der Waals surface area contributed by atoms with Crippen molar-refractivity contribution in [3.63, 3.8) is 0 Å². The lowest BCUT2D eigenvalue weighted by atomic mass is 10.1. The van der Waals surface area contributed by atoms with Gasteiger partial charge in [-0.2, -0.15) is 0 Å². The number of aromatic nitrogens is 1. The number of fused-ring (bicyclic) bond motifs is 1. The summed E-state index contributed by atoms with van der Waals surface area (Å²) in [5.74, 6) is 0.646. The third-order valence-corrected chi connectivity index (χ3v) is 4.53. The number of nitrogens with one attached hydrogen (secondary N) is 1. The Morgan fingerprint density at radius 2 is 2.16 bits per heavy atom. The number of halogens is 1. The molecule has 126 valence electrons. The van der Waals surface area contributed by atoms with E-state index < -0.39 is 0 Å². The number of carbonyl (C=O) groups excluding carboxylic acids is 1. The van der Waals surface area contributed by atoms with Gasteiger partial charge in [0.15, 0.2) is 0 Å². The zero-order chi connectivity index (χ0) is 17.4. The summed E-state index contributed by atoms with van der Waals surface area (Å²) >= 11 is 6.13. The predicted octanol–water partition coefficient (Wildman–Crippen LogP) is 4.40. The van der Waals surface area contributed by atoms with E-state index in [1.807, 2.05) is 37.3 Å². The van der Waals surface area contributed by atoms with Crippen molar-refractivity contribution in [1.29, 1.82) is 0 Å². The maximum absolute atomic E-state index is 12.9. The maximum Gasteiger partial charge on any atom is 0.258 e. The van der Waals surface area contributed by atoms with E-state index >= 15 is 0 Å². The van der Waals surface area contributed by atoms with Gasteiger partial charge in [0.1, 0.15) is 11.9 Å². The molecule has 0 spiro atoms. The predicted molar refractivity (Wildman–Crippen MR) is 95.4 cm³/mol. The number of nitrogens with zero attached hydrogens (tertiary/aromatic N) is 2. The molecule has 5 nitrogen and oxygen atoms in total. The van der Waals surface area contributed by atoms with E-state index in [9.17, 15) is 4.79 Å². The highest BCUT2D eigenvalue weighted by atomic mass is 35.5. The fourth-order valence-corrected chi connectivity index (χ4v) is 3.18. The number of furan rings is 1. The number of anilines is 1. The van der Waals surface area contributed by atoms with Crippen LogP contribution in [0.15, 0.2) is 59.3 Å². The molecule has 2 aromatic heterocycles. The van der Waals surface area contributed by atoms with Gasteiger partial charge in [-0.3, -0.25) is 9.78 Å². The number of hydrogen-bond acceptors (Lipinski definition) is 4. The Morgan fingerprint density at radius 3 is 2.96 bits per heavy atom. The molecule has 1 amide bonds. The van der Waals surface area contributed by atoms with Crippen molar-refractivity contribution in [2.45, 2.75) is 19.6 Å².